The minimum Gasteiger partial charge on any atom is -0.457 e. The second-order valence-corrected chi connectivity index (χ2v) is 3.43. The van der Waals surface area contributed by atoms with Crippen molar-refractivity contribution in [2.75, 3.05) is 0 Å². The molecule has 0 saturated carbocycles. The average Bonchev–Trinajstić information content (AvgIpc) is 2.32. The third-order valence-electron chi connectivity index (χ3n) is 1.07. The van der Waals surface area contributed by atoms with E-state index < -0.39 is 46.6 Å². The first-order valence-electron chi connectivity index (χ1n) is 2.60. The standard InChI is InChI=1S/C4H4O6.H2O.Sb/c5-1(3(7)8)2(6)4(9)10;;/h1-2H,(H,7,8)(H,9,10);1H2;/q-2;;+2/p+1. The van der Waals surface area contributed by atoms with Gasteiger partial charge in [-0.05, 0) is 0 Å². The van der Waals surface area contributed by atoms with Crippen LogP contribution >= 0.6 is 0 Å². The van der Waals surface area contributed by atoms with Crippen LogP contribution in [0.2, 0.25) is 0 Å². The molecule has 2 unspecified atom stereocenters. The van der Waals surface area contributed by atoms with E-state index in [1.54, 1.807) is 0 Å². The molecule has 1 fully saturated rings. The SMILES string of the molecule is O=C(O)C1[O][Sb][O]C1C(=O)O.[OH3+]. The van der Waals surface area contributed by atoms with Crippen LogP contribution in [0.15, 0.2) is 0 Å². The fraction of sp³-hybridized carbons (Fsp3) is 0.500. The van der Waals surface area contributed by atoms with Gasteiger partial charge in [0.25, 0.3) is 0 Å². The van der Waals surface area contributed by atoms with Crippen molar-refractivity contribution in [2.24, 2.45) is 0 Å². The summed E-state index contributed by atoms with van der Waals surface area (Å²) in [6.07, 6.45) is -2.63. The fourth-order valence-corrected chi connectivity index (χ4v) is 2.39. The van der Waals surface area contributed by atoms with Crippen molar-refractivity contribution in [2.45, 2.75) is 12.2 Å². The van der Waals surface area contributed by atoms with E-state index in [1.165, 1.54) is 0 Å². The van der Waals surface area contributed by atoms with Crippen LogP contribution in [-0.4, -0.2) is 56.8 Å². The van der Waals surface area contributed by atoms with Crippen molar-refractivity contribution in [1.82, 2.24) is 0 Å². The van der Waals surface area contributed by atoms with Crippen LogP contribution in [-0.2, 0) is 21.1 Å². The van der Waals surface area contributed by atoms with E-state index >= 15 is 0 Å². The summed E-state index contributed by atoms with van der Waals surface area (Å²) in [6, 6.07) is 0. The zero-order chi connectivity index (χ0) is 8.43. The van der Waals surface area contributed by atoms with Gasteiger partial charge in [-0.3, -0.25) is 0 Å². The van der Waals surface area contributed by atoms with Crippen LogP contribution in [0, 0.1) is 0 Å². The van der Waals surface area contributed by atoms with E-state index in [0.29, 0.717) is 0 Å². The van der Waals surface area contributed by atoms with Crippen LogP contribution in [0.25, 0.3) is 0 Å². The largest absolute Gasteiger partial charge is 0.457 e. The molecular formula is C4H7O7Sb+. The summed E-state index contributed by atoms with van der Waals surface area (Å²) in [5.41, 5.74) is 0. The van der Waals surface area contributed by atoms with E-state index in [1.807, 2.05) is 0 Å². The van der Waals surface area contributed by atoms with E-state index in [0.717, 1.165) is 0 Å². The van der Waals surface area contributed by atoms with Crippen molar-refractivity contribution in [3.8, 4) is 0 Å². The topological polar surface area (TPSA) is 126 Å². The molecule has 7 nitrogen and oxygen atoms in total. The third kappa shape index (κ3) is 2.31. The maximum Gasteiger partial charge on any atom is -0.457 e. The molecule has 1 saturated heterocycles. The van der Waals surface area contributed by atoms with Crippen LogP contribution in [0.1, 0.15) is 0 Å². The van der Waals surface area contributed by atoms with Gasteiger partial charge in [0, 0.05) is 0 Å². The first kappa shape index (κ1) is 11.6. The quantitative estimate of drug-likeness (QED) is 0.429. The molecule has 69 valence electrons. The number of rotatable bonds is 2. The molecule has 12 heavy (non-hydrogen) atoms. The summed E-state index contributed by atoms with van der Waals surface area (Å²) in [4.78, 5) is 20.5. The summed E-state index contributed by atoms with van der Waals surface area (Å²) < 4.78 is 9.27. The van der Waals surface area contributed by atoms with E-state index in [-0.39, 0.29) is 5.48 Å². The Kier molecular flexibility index (Phi) is 4.47. The summed E-state index contributed by atoms with van der Waals surface area (Å²) in [7, 11) is 0. The van der Waals surface area contributed by atoms with Crippen LogP contribution in [0.3, 0.4) is 0 Å². The molecule has 1 rings (SSSR count). The summed E-state index contributed by atoms with van der Waals surface area (Å²) >= 11 is -1.49. The van der Waals surface area contributed by atoms with Gasteiger partial charge in [-0.1, -0.05) is 0 Å². The first-order chi connectivity index (χ1) is 5.13. The van der Waals surface area contributed by atoms with Crippen molar-refractivity contribution in [1.29, 1.82) is 0 Å². The monoisotopic (exact) mass is 288 g/mol. The Hall–Kier alpha value is -0.362. The summed E-state index contributed by atoms with van der Waals surface area (Å²) in [5, 5.41) is 16.8. The van der Waals surface area contributed by atoms with Gasteiger partial charge in [0.05, 0.1) is 0 Å². The molecule has 1 heterocycles. The summed E-state index contributed by atoms with van der Waals surface area (Å²) in [6.45, 7) is 0. The Morgan fingerprint density at radius 2 is 1.42 bits per heavy atom. The van der Waals surface area contributed by atoms with Gasteiger partial charge in [0.15, 0.2) is 0 Å². The maximum atomic E-state index is 10.3. The summed E-state index contributed by atoms with van der Waals surface area (Å²) in [5.74, 6) is -2.57. The Labute approximate surface area is 78.2 Å². The third-order valence-corrected chi connectivity index (χ3v) is 2.86. The van der Waals surface area contributed by atoms with Crippen LogP contribution in [0.5, 0.6) is 0 Å². The van der Waals surface area contributed by atoms with Crippen LogP contribution in [0.4, 0.5) is 0 Å². The second-order valence-electron chi connectivity index (χ2n) is 1.80. The molecule has 8 heteroatoms. The zero-order valence-electron chi connectivity index (χ0n) is 5.71. The van der Waals surface area contributed by atoms with Crippen LogP contribution < -0.4 is 0 Å². The predicted molar refractivity (Wildman–Crippen MR) is 35.6 cm³/mol. The molecule has 0 aromatic heterocycles. The van der Waals surface area contributed by atoms with Gasteiger partial charge >= 0.3 is 72.4 Å². The molecule has 0 bridgehead atoms. The Morgan fingerprint density at radius 3 is 1.67 bits per heavy atom. The zero-order valence-corrected chi connectivity index (χ0v) is 8.26. The molecular weight excluding hydrogens is 282 g/mol. The molecule has 1 aliphatic rings. The van der Waals surface area contributed by atoms with Gasteiger partial charge in [0.1, 0.15) is 0 Å². The normalized spacial score (nSPS) is 27.7. The number of hydrogen-bond acceptors (Lipinski definition) is 4. The fourth-order valence-electron chi connectivity index (χ4n) is 0.577. The molecule has 0 aromatic carbocycles. The smallest absolute Gasteiger partial charge is 0.457 e. The minimum atomic E-state index is -1.49. The molecule has 5 N–H and O–H groups in total. The Balaban J connectivity index is 0.00000121. The molecule has 0 aromatic rings. The van der Waals surface area contributed by atoms with Gasteiger partial charge in [0.2, 0.25) is 0 Å². The number of carboxylic acids is 2. The minimum absolute atomic E-state index is 0. The Morgan fingerprint density at radius 1 is 1.08 bits per heavy atom. The number of carboxylic acid groups (broad SMARTS) is 2. The van der Waals surface area contributed by atoms with Gasteiger partial charge < -0.3 is 5.48 Å². The van der Waals surface area contributed by atoms with Crippen molar-refractivity contribution < 1.29 is 31.3 Å². The van der Waals surface area contributed by atoms with Gasteiger partial charge in [-0.15, -0.1) is 0 Å². The number of aliphatic carboxylic acids is 2. The van der Waals surface area contributed by atoms with Gasteiger partial charge in [-0.2, -0.15) is 0 Å². The van der Waals surface area contributed by atoms with E-state index in [9.17, 15) is 9.59 Å². The predicted octanol–water partition coefficient (Wildman–Crippen LogP) is -2.45. The second kappa shape index (κ2) is 4.61. The molecule has 2 atom stereocenters. The number of carbonyl (C=O) groups is 2. The van der Waals surface area contributed by atoms with Crippen molar-refractivity contribution >= 4 is 34.4 Å². The molecule has 1 radical (unpaired) electrons. The molecule has 0 aliphatic carbocycles. The number of hydrogen-bond donors (Lipinski definition) is 2. The van der Waals surface area contributed by atoms with Crippen molar-refractivity contribution in [3.05, 3.63) is 0 Å². The van der Waals surface area contributed by atoms with Gasteiger partial charge in [-0.25, -0.2) is 0 Å². The molecule has 0 amide bonds. The van der Waals surface area contributed by atoms with Crippen molar-refractivity contribution in [3.63, 3.8) is 0 Å². The molecule has 0 spiro atoms. The maximum absolute atomic E-state index is 10.3. The van der Waals surface area contributed by atoms with E-state index in [2.05, 4.69) is 6.03 Å². The first-order valence-corrected chi connectivity index (χ1v) is 4.69. The van der Waals surface area contributed by atoms with E-state index in [4.69, 9.17) is 10.2 Å². The average molecular weight is 289 g/mol. The Bertz CT molecular complexity index is 172. The molecule has 1 aliphatic heterocycles.